The summed E-state index contributed by atoms with van der Waals surface area (Å²) in [6, 6.07) is 8.95. The Bertz CT molecular complexity index is 1710. The molecule has 0 unspecified atom stereocenters. The van der Waals surface area contributed by atoms with Crippen molar-refractivity contribution in [2.45, 2.75) is 32.5 Å². The molecule has 2 amide bonds. The Balaban J connectivity index is 1.26. The van der Waals surface area contributed by atoms with Crippen LogP contribution in [0.3, 0.4) is 0 Å². The van der Waals surface area contributed by atoms with Crippen LogP contribution in [0.4, 0.5) is 28.0 Å². The van der Waals surface area contributed by atoms with E-state index in [-0.39, 0.29) is 29.4 Å². The Kier molecular flexibility index (Phi) is 8.10. The summed E-state index contributed by atoms with van der Waals surface area (Å²) in [5.74, 6) is -1.47. The quantitative estimate of drug-likeness (QED) is 0.205. The number of nitrogens with one attached hydrogen (secondary N) is 3. The van der Waals surface area contributed by atoms with Crippen molar-refractivity contribution in [2.75, 3.05) is 37.6 Å². The fourth-order valence-electron chi connectivity index (χ4n) is 4.90. The lowest BCUT2D eigenvalue weighted by Crippen LogP contribution is -2.51. The van der Waals surface area contributed by atoms with Crippen LogP contribution in [-0.4, -0.2) is 76.0 Å². The van der Waals surface area contributed by atoms with Gasteiger partial charge in [0, 0.05) is 49.2 Å². The molecule has 0 saturated carbocycles. The molecule has 10 nitrogen and oxygen atoms in total. The summed E-state index contributed by atoms with van der Waals surface area (Å²) in [5.41, 5.74) is -0.915. The monoisotopic (exact) mass is 614 g/mol. The van der Waals surface area contributed by atoms with Gasteiger partial charge in [0.2, 0.25) is 5.91 Å². The molecule has 3 heterocycles. The molecule has 0 spiro atoms. The van der Waals surface area contributed by atoms with Gasteiger partial charge in [-0.15, -0.1) is 0 Å². The van der Waals surface area contributed by atoms with Crippen molar-refractivity contribution < 1.29 is 36.7 Å². The van der Waals surface area contributed by atoms with Crippen LogP contribution in [0.1, 0.15) is 42.3 Å². The van der Waals surface area contributed by atoms with E-state index in [2.05, 4.69) is 20.3 Å². The molecule has 5 rings (SSSR count). The summed E-state index contributed by atoms with van der Waals surface area (Å²) in [6.07, 6.45) is -4.09. The van der Waals surface area contributed by atoms with Crippen molar-refractivity contribution in [1.82, 2.24) is 25.2 Å². The van der Waals surface area contributed by atoms with Gasteiger partial charge < -0.3 is 29.8 Å². The number of H-pyrrole nitrogens is 2. The van der Waals surface area contributed by atoms with Crippen molar-refractivity contribution in [3.8, 4) is 11.5 Å². The third kappa shape index (κ3) is 6.68. The van der Waals surface area contributed by atoms with Gasteiger partial charge in [-0.25, -0.2) is 14.2 Å². The van der Waals surface area contributed by atoms with E-state index < -0.39 is 40.6 Å². The zero-order valence-corrected chi connectivity index (χ0v) is 24.1. The number of amides is 2. The first-order chi connectivity index (χ1) is 20.7. The molecule has 2 aromatic heterocycles. The molecule has 4 aromatic rings. The van der Waals surface area contributed by atoms with Crippen LogP contribution in [0.2, 0.25) is 0 Å². The average molecular weight is 615 g/mol. The van der Waals surface area contributed by atoms with E-state index in [4.69, 9.17) is 4.74 Å². The Morgan fingerprint density at radius 1 is 1.02 bits per heavy atom. The van der Waals surface area contributed by atoms with E-state index in [1.165, 1.54) is 30.5 Å². The van der Waals surface area contributed by atoms with Gasteiger partial charge in [0.25, 0.3) is 0 Å². The Hall–Kier alpha value is -4.88. The van der Waals surface area contributed by atoms with Crippen LogP contribution in [-0.2, 0) is 15.7 Å². The van der Waals surface area contributed by atoms with Crippen molar-refractivity contribution in [3.05, 3.63) is 71.2 Å². The Morgan fingerprint density at radius 3 is 2.41 bits per heavy atom. The second kappa shape index (κ2) is 11.7. The number of alkyl halides is 3. The second-order valence-corrected chi connectivity index (χ2v) is 11.3. The van der Waals surface area contributed by atoms with Crippen LogP contribution in [0.15, 0.2) is 48.7 Å². The lowest BCUT2D eigenvalue weighted by Gasteiger charge is -2.36. The third-order valence-electron chi connectivity index (χ3n) is 6.98. The van der Waals surface area contributed by atoms with Gasteiger partial charge >= 0.3 is 12.3 Å². The summed E-state index contributed by atoms with van der Waals surface area (Å²) in [4.78, 5) is 51.0. The number of hydrogen-bond donors (Lipinski definition) is 3. The molecule has 232 valence electrons. The molecule has 2 aromatic carbocycles. The van der Waals surface area contributed by atoms with Gasteiger partial charge in [-0.05, 0) is 45.0 Å². The number of ketones is 1. The molecule has 0 radical (unpaired) electrons. The maximum Gasteiger partial charge on any atom is 0.417 e. The zero-order valence-electron chi connectivity index (χ0n) is 24.1. The topological polar surface area (TPSA) is 123 Å². The molecular weight excluding hydrogens is 584 g/mol. The number of carbonyl (C=O) groups excluding carboxylic acids is 3. The van der Waals surface area contributed by atoms with Gasteiger partial charge in [0.15, 0.2) is 17.4 Å². The predicted molar refractivity (Wildman–Crippen MR) is 154 cm³/mol. The smallest absolute Gasteiger partial charge is 0.417 e. The molecule has 1 aliphatic heterocycles. The molecule has 14 heteroatoms. The number of carbonyl (C=O) groups is 3. The number of nitrogens with zero attached hydrogens (tertiary/aromatic N) is 3. The normalized spacial score (nSPS) is 14.2. The number of alkyl carbamates (subject to hydrolysis) is 1. The maximum absolute atomic E-state index is 15.1. The van der Waals surface area contributed by atoms with Crippen molar-refractivity contribution >= 4 is 34.5 Å². The lowest BCUT2D eigenvalue weighted by molar-refractivity contribution is -0.138. The minimum absolute atomic E-state index is 0.00738. The standard InChI is InChI=1S/C30H30F4N6O4/c1-29(2,3)44-28(43)36-16-24(41)40-10-8-39(9-11-40)18-13-21(31)25-22(14-18)37-27(38-25)23-12-17(15-35-23)26(42)19-6-4-5-7-20(19)30(32,33)34/h4-7,12-15,35H,8-11,16H2,1-3H3,(H,36,43)(H,37,38). The molecular formula is C30H30F4N6O4. The number of anilines is 1. The summed E-state index contributed by atoms with van der Waals surface area (Å²) >= 11 is 0. The molecule has 0 atom stereocenters. The zero-order chi connectivity index (χ0) is 31.8. The van der Waals surface area contributed by atoms with Crippen LogP contribution in [0, 0.1) is 5.82 Å². The number of benzene rings is 2. The highest BCUT2D eigenvalue weighted by Crippen LogP contribution is 2.33. The largest absolute Gasteiger partial charge is 0.444 e. The number of fused-ring (bicyclic) bond motifs is 1. The van der Waals surface area contributed by atoms with E-state index in [0.29, 0.717) is 43.1 Å². The predicted octanol–water partition coefficient (Wildman–Crippen LogP) is 5.12. The fraction of sp³-hybridized carbons (Fsp3) is 0.333. The van der Waals surface area contributed by atoms with Crippen LogP contribution < -0.4 is 10.2 Å². The highest BCUT2D eigenvalue weighted by atomic mass is 19.4. The first kappa shape index (κ1) is 30.6. The first-order valence-corrected chi connectivity index (χ1v) is 13.8. The number of aromatic nitrogens is 3. The number of aromatic amines is 2. The van der Waals surface area contributed by atoms with Gasteiger partial charge in [-0.3, -0.25) is 9.59 Å². The van der Waals surface area contributed by atoms with Crippen LogP contribution >= 0.6 is 0 Å². The summed E-state index contributed by atoms with van der Waals surface area (Å²) < 4.78 is 60.6. The van der Waals surface area contributed by atoms with Gasteiger partial charge in [0.1, 0.15) is 17.7 Å². The molecule has 1 saturated heterocycles. The summed E-state index contributed by atoms with van der Waals surface area (Å²) in [6.45, 7) is 6.54. The number of halogens is 4. The van der Waals surface area contributed by atoms with Crippen molar-refractivity contribution in [3.63, 3.8) is 0 Å². The number of imidazole rings is 1. The molecule has 0 bridgehead atoms. The summed E-state index contributed by atoms with van der Waals surface area (Å²) in [5, 5.41) is 2.45. The van der Waals surface area contributed by atoms with Crippen LogP contribution in [0.5, 0.6) is 0 Å². The highest BCUT2D eigenvalue weighted by Gasteiger charge is 2.35. The number of hydrogen-bond acceptors (Lipinski definition) is 6. The Morgan fingerprint density at radius 2 is 1.73 bits per heavy atom. The molecule has 44 heavy (non-hydrogen) atoms. The lowest BCUT2D eigenvalue weighted by atomic mass is 9.99. The number of ether oxygens (including phenoxy) is 1. The molecule has 0 aliphatic carbocycles. The van der Waals surface area contributed by atoms with E-state index in [1.807, 2.05) is 4.90 Å². The third-order valence-corrected chi connectivity index (χ3v) is 6.98. The van der Waals surface area contributed by atoms with E-state index >= 15 is 4.39 Å². The van der Waals surface area contributed by atoms with E-state index in [1.54, 1.807) is 31.7 Å². The van der Waals surface area contributed by atoms with Crippen molar-refractivity contribution in [1.29, 1.82) is 0 Å². The second-order valence-electron chi connectivity index (χ2n) is 11.3. The minimum atomic E-state index is -4.69. The molecule has 1 aliphatic rings. The number of rotatable bonds is 6. The van der Waals surface area contributed by atoms with E-state index in [9.17, 15) is 27.6 Å². The maximum atomic E-state index is 15.1. The molecule has 3 N–H and O–H groups in total. The summed E-state index contributed by atoms with van der Waals surface area (Å²) in [7, 11) is 0. The first-order valence-electron chi connectivity index (χ1n) is 13.8. The highest BCUT2D eigenvalue weighted by molar-refractivity contribution is 6.10. The van der Waals surface area contributed by atoms with Gasteiger partial charge in [0.05, 0.1) is 16.8 Å². The average Bonchev–Trinajstić information content (AvgIpc) is 3.62. The fourth-order valence-corrected chi connectivity index (χ4v) is 4.90. The molecule has 1 fully saturated rings. The van der Waals surface area contributed by atoms with Crippen LogP contribution in [0.25, 0.3) is 22.6 Å². The minimum Gasteiger partial charge on any atom is -0.444 e. The van der Waals surface area contributed by atoms with Crippen molar-refractivity contribution in [2.24, 2.45) is 0 Å². The number of piperazine rings is 1. The van der Waals surface area contributed by atoms with Gasteiger partial charge in [-0.1, -0.05) is 18.2 Å². The van der Waals surface area contributed by atoms with Gasteiger partial charge in [-0.2, -0.15) is 13.2 Å². The Labute approximate surface area is 249 Å². The SMILES string of the molecule is CC(C)(C)OC(=O)NCC(=O)N1CCN(c2cc(F)c3nc(-c4cc(C(=O)c5ccccc5C(F)(F)F)c[nH]4)[nH]c3c2)CC1. The van der Waals surface area contributed by atoms with E-state index in [0.717, 1.165) is 12.1 Å².